The Bertz CT molecular complexity index is 609. The van der Waals surface area contributed by atoms with Gasteiger partial charge in [0.25, 0.3) is 0 Å². The molecule has 2 aromatic rings. The zero-order valence-corrected chi connectivity index (χ0v) is 12.6. The largest absolute Gasteiger partial charge is 0.273 e. The quantitative estimate of drug-likeness (QED) is 0.691. The van der Waals surface area contributed by atoms with Gasteiger partial charge in [-0.05, 0) is 36.8 Å². The van der Waals surface area contributed by atoms with Gasteiger partial charge in [0.1, 0.15) is 0 Å². The summed E-state index contributed by atoms with van der Waals surface area (Å²) >= 11 is 3.36. The van der Waals surface area contributed by atoms with Gasteiger partial charge in [0.05, 0.1) is 17.8 Å². The van der Waals surface area contributed by atoms with E-state index in [1.165, 1.54) is 0 Å². The van der Waals surface area contributed by atoms with E-state index in [1.807, 2.05) is 49.4 Å². The highest BCUT2D eigenvalue weighted by molar-refractivity contribution is 9.10. The highest BCUT2D eigenvalue weighted by Crippen LogP contribution is 2.10. The van der Waals surface area contributed by atoms with Crippen LogP contribution in [0.1, 0.15) is 18.2 Å². The number of nitrogens with one attached hydrogen (secondary N) is 1. The Kier molecular flexibility index (Phi) is 5.01. The van der Waals surface area contributed by atoms with Crippen molar-refractivity contribution in [3.05, 3.63) is 64.4 Å². The number of hydrogen-bond acceptors (Lipinski definition) is 3. The van der Waals surface area contributed by atoms with Crippen LogP contribution in [0.5, 0.6) is 0 Å². The Morgan fingerprint density at radius 2 is 2.00 bits per heavy atom. The van der Waals surface area contributed by atoms with Crippen molar-refractivity contribution in [1.82, 2.24) is 10.4 Å². The number of pyridine rings is 1. The molecule has 1 N–H and O–H groups in total. The maximum Gasteiger partial charge on any atom is 0.244 e. The van der Waals surface area contributed by atoms with Crippen LogP contribution in [0.15, 0.2) is 58.2 Å². The minimum atomic E-state index is -0.150. The molecule has 0 bridgehead atoms. The number of carbonyl (C=O) groups is 1. The van der Waals surface area contributed by atoms with Crippen LogP contribution in [0.25, 0.3) is 0 Å². The van der Waals surface area contributed by atoms with Crippen LogP contribution in [-0.2, 0) is 11.2 Å². The summed E-state index contributed by atoms with van der Waals surface area (Å²) in [4.78, 5) is 15.9. The lowest BCUT2D eigenvalue weighted by Gasteiger charge is -2.03. The topological polar surface area (TPSA) is 54.4 Å². The van der Waals surface area contributed by atoms with E-state index >= 15 is 0 Å². The second kappa shape index (κ2) is 6.96. The SMILES string of the molecule is C/C(=N\NC(=O)Cc1ccc(Br)cc1)c1ccccn1. The predicted octanol–water partition coefficient (Wildman–Crippen LogP) is 2.93. The number of carbonyl (C=O) groups excluding carboxylic acids is 1. The van der Waals surface area contributed by atoms with E-state index in [4.69, 9.17) is 0 Å². The lowest BCUT2D eigenvalue weighted by atomic mass is 10.1. The third-order valence-electron chi connectivity index (χ3n) is 2.66. The van der Waals surface area contributed by atoms with Crippen LogP contribution in [-0.4, -0.2) is 16.6 Å². The van der Waals surface area contributed by atoms with Gasteiger partial charge in [0.15, 0.2) is 0 Å². The lowest BCUT2D eigenvalue weighted by molar-refractivity contribution is -0.120. The summed E-state index contributed by atoms with van der Waals surface area (Å²) in [7, 11) is 0. The molecular weight excluding hydrogens is 318 g/mol. The van der Waals surface area contributed by atoms with Crippen molar-refractivity contribution in [2.75, 3.05) is 0 Å². The Hall–Kier alpha value is -2.01. The van der Waals surface area contributed by atoms with Gasteiger partial charge in [-0.3, -0.25) is 9.78 Å². The molecule has 0 aliphatic carbocycles. The first-order valence-corrected chi connectivity index (χ1v) is 6.93. The maximum atomic E-state index is 11.8. The van der Waals surface area contributed by atoms with Crippen LogP contribution in [0.2, 0.25) is 0 Å². The van der Waals surface area contributed by atoms with Crippen LogP contribution in [0.4, 0.5) is 0 Å². The number of rotatable bonds is 4. The van der Waals surface area contributed by atoms with Crippen molar-refractivity contribution in [2.45, 2.75) is 13.3 Å². The maximum absolute atomic E-state index is 11.8. The molecule has 4 nitrogen and oxygen atoms in total. The molecule has 0 unspecified atom stereocenters. The van der Waals surface area contributed by atoms with Gasteiger partial charge < -0.3 is 0 Å². The van der Waals surface area contributed by atoms with E-state index < -0.39 is 0 Å². The molecule has 5 heteroatoms. The second-order valence-corrected chi connectivity index (χ2v) is 5.17. The molecule has 0 saturated carbocycles. The van der Waals surface area contributed by atoms with Gasteiger partial charge in [-0.2, -0.15) is 5.10 Å². The Balaban J connectivity index is 1.93. The molecule has 20 heavy (non-hydrogen) atoms. The number of hydrogen-bond donors (Lipinski definition) is 1. The molecule has 2 rings (SSSR count). The molecule has 1 amide bonds. The van der Waals surface area contributed by atoms with E-state index in [1.54, 1.807) is 6.20 Å². The van der Waals surface area contributed by atoms with E-state index in [9.17, 15) is 4.79 Å². The van der Waals surface area contributed by atoms with Gasteiger partial charge in [-0.1, -0.05) is 34.1 Å². The smallest absolute Gasteiger partial charge is 0.244 e. The monoisotopic (exact) mass is 331 g/mol. The van der Waals surface area contributed by atoms with Crippen molar-refractivity contribution in [1.29, 1.82) is 0 Å². The number of benzene rings is 1. The molecule has 102 valence electrons. The van der Waals surface area contributed by atoms with E-state index in [0.29, 0.717) is 12.1 Å². The molecule has 0 radical (unpaired) electrons. The Morgan fingerprint density at radius 1 is 1.25 bits per heavy atom. The number of amides is 1. The van der Waals surface area contributed by atoms with Crippen molar-refractivity contribution in [3.8, 4) is 0 Å². The first kappa shape index (κ1) is 14.4. The van der Waals surface area contributed by atoms with Gasteiger partial charge in [0.2, 0.25) is 5.91 Å². The third kappa shape index (κ3) is 4.28. The first-order chi connectivity index (χ1) is 9.65. The zero-order valence-electron chi connectivity index (χ0n) is 11.0. The van der Waals surface area contributed by atoms with E-state index in [0.717, 1.165) is 15.7 Å². The number of nitrogens with zero attached hydrogens (tertiary/aromatic N) is 2. The normalized spacial score (nSPS) is 11.2. The molecule has 0 atom stereocenters. The Labute approximate surface area is 126 Å². The lowest BCUT2D eigenvalue weighted by Crippen LogP contribution is -2.21. The number of halogens is 1. The fourth-order valence-corrected chi connectivity index (χ4v) is 1.87. The number of aromatic nitrogens is 1. The van der Waals surface area contributed by atoms with Crippen LogP contribution < -0.4 is 5.43 Å². The molecule has 0 fully saturated rings. The third-order valence-corrected chi connectivity index (χ3v) is 3.19. The van der Waals surface area contributed by atoms with E-state index in [-0.39, 0.29) is 5.91 Å². The minimum absolute atomic E-state index is 0.150. The van der Waals surface area contributed by atoms with Gasteiger partial charge in [-0.15, -0.1) is 0 Å². The van der Waals surface area contributed by atoms with Crippen molar-refractivity contribution < 1.29 is 4.79 Å². The first-order valence-electron chi connectivity index (χ1n) is 6.14. The summed E-state index contributed by atoms with van der Waals surface area (Å²) < 4.78 is 0.991. The molecule has 1 heterocycles. The van der Waals surface area contributed by atoms with Crippen LogP contribution in [0.3, 0.4) is 0 Å². The van der Waals surface area contributed by atoms with E-state index in [2.05, 4.69) is 31.4 Å². The average molecular weight is 332 g/mol. The summed E-state index contributed by atoms with van der Waals surface area (Å²) in [5.41, 5.74) is 4.90. The standard InChI is InChI=1S/C15H14BrN3O/c1-11(14-4-2-3-9-17-14)18-19-15(20)10-12-5-7-13(16)8-6-12/h2-9H,10H2,1H3,(H,19,20)/b18-11+. The summed E-state index contributed by atoms with van der Waals surface area (Å²) in [6.07, 6.45) is 1.99. The molecule has 0 aliphatic rings. The molecule has 0 saturated heterocycles. The summed E-state index contributed by atoms with van der Waals surface area (Å²) in [5, 5.41) is 4.05. The highest BCUT2D eigenvalue weighted by atomic mass is 79.9. The van der Waals surface area contributed by atoms with Crippen molar-refractivity contribution in [2.24, 2.45) is 5.10 Å². The fourth-order valence-electron chi connectivity index (χ4n) is 1.61. The molecule has 0 aliphatic heterocycles. The summed E-state index contributed by atoms with van der Waals surface area (Å²) in [5.74, 6) is -0.150. The highest BCUT2D eigenvalue weighted by Gasteiger charge is 2.03. The fraction of sp³-hybridized carbons (Fsp3) is 0.133. The van der Waals surface area contributed by atoms with Crippen LogP contribution in [0, 0.1) is 0 Å². The second-order valence-electron chi connectivity index (χ2n) is 4.25. The van der Waals surface area contributed by atoms with Gasteiger partial charge in [0, 0.05) is 10.7 Å². The molecule has 0 spiro atoms. The van der Waals surface area contributed by atoms with Crippen molar-refractivity contribution in [3.63, 3.8) is 0 Å². The molecule has 1 aromatic heterocycles. The van der Waals surface area contributed by atoms with Gasteiger partial charge >= 0.3 is 0 Å². The minimum Gasteiger partial charge on any atom is -0.273 e. The van der Waals surface area contributed by atoms with Crippen molar-refractivity contribution >= 4 is 27.5 Å². The average Bonchev–Trinajstić information content (AvgIpc) is 2.48. The molecular formula is C15H14BrN3O. The molecule has 1 aromatic carbocycles. The zero-order chi connectivity index (χ0) is 14.4. The van der Waals surface area contributed by atoms with Gasteiger partial charge in [-0.25, -0.2) is 5.43 Å². The Morgan fingerprint density at radius 3 is 2.65 bits per heavy atom. The number of hydrazone groups is 1. The summed E-state index contributed by atoms with van der Waals surface area (Å²) in [6, 6.07) is 13.2. The summed E-state index contributed by atoms with van der Waals surface area (Å²) in [6.45, 7) is 1.81. The predicted molar refractivity (Wildman–Crippen MR) is 82.4 cm³/mol. The van der Waals surface area contributed by atoms with Crippen LogP contribution >= 0.6 is 15.9 Å².